The Morgan fingerprint density at radius 3 is 2.27 bits per heavy atom. The van der Waals surface area contributed by atoms with Gasteiger partial charge in [-0.25, -0.2) is 0 Å². The molecule has 0 radical (unpaired) electrons. The molecule has 0 aliphatic rings. The molecule has 0 aromatic heterocycles. The molecule has 2 aromatic carbocycles. The van der Waals surface area contributed by atoms with Crippen LogP contribution < -0.4 is 5.32 Å². The van der Waals surface area contributed by atoms with Crippen LogP contribution in [0.1, 0.15) is 15.9 Å². The summed E-state index contributed by atoms with van der Waals surface area (Å²) in [5, 5.41) is 2.28. The molecule has 0 aliphatic heterocycles. The zero-order valence-corrected chi connectivity index (χ0v) is 12.1. The highest BCUT2D eigenvalue weighted by Crippen LogP contribution is 2.00. The van der Waals surface area contributed by atoms with Crippen LogP contribution in [-0.4, -0.2) is 18.4 Å². The number of nitrogens with one attached hydrogen (secondary N) is 1. The van der Waals surface area contributed by atoms with Gasteiger partial charge in [-0.3, -0.25) is 14.9 Å². The number of amides is 2. The van der Waals surface area contributed by atoms with E-state index in [-0.39, 0.29) is 0 Å². The Bertz CT molecular complexity index is 636. The standard InChI is InChI=1S/C18H17NO3/c20-17(19-18(21)16-10-5-2-6-11-16)12-7-13-22-14-15-8-3-1-4-9-15/h1-12H,13-14H2,(H,19,20,21)/b12-7+. The molecule has 0 aliphatic carbocycles. The van der Waals surface area contributed by atoms with Gasteiger partial charge in [0, 0.05) is 11.6 Å². The Morgan fingerprint density at radius 2 is 1.59 bits per heavy atom. The van der Waals surface area contributed by atoms with Gasteiger partial charge in [0.05, 0.1) is 13.2 Å². The van der Waals surface area contributed by atoms with Crippen molar-refractivity contribution in [3.05, 3.63) is 83.9 Å². The number of hydrogen-bond acceptors (Lipinski definition) is 3. The molecule has 0 atom stereocenters. The van der Waals surface area contributed by atoms with E-state index in [1.165, 1.54) is 6.08 Å². The van der Waals surface area contributed by atoms with Gasteiger partial charge in [0.15, 0.2) is 0 Å². The van der Waals surface area contributed by atoms with Crippen molar-refractivity contribution in [3.8, 4) is 0 Å². The molecule has 112 valence electrons. The van der Waals surface area contributed by atoms with Crippen molar-refractivity contribution in [3.63, 3.8) is 0 Å². The minimum atomic E-state index is -0.461. The van der Waals surface area contributed by atoms with Gasteiger partial charge >= 0.3 is 0 Å². The van der Waals surface area contributed by atoms with Crippen LogP contribution in [0.4, 0.5) is 0 Å². The van der Waals surface area contributed by atoms with Crippen molar-refractivity contribution in [2.24, 2.45) is 0 Å². The summed E-state index contributed by atoms with van der Waals surface area (Å²) >= 11 is 0. The topological polar surface area (TPSA) is 55.4 Å². The fourth-order valence-corrected chi connectivity index (χ4v) is 1.79. The molecule has 2 aromatic rings. The predicted octanol–water partition coefficient (Wildman–Crippen LogP) is 2.72. The first kappa shape index (κ1) is 15.7. The Kier molecular flexibility index (Phi) is 6.08. The Labute approximate surface area is 129 Å². The monoisotopic (exact) mass is 295 g/mol. The Morgan fingerprint density at radius 1 is 0.955 bits per heavy atom. The Balaban J connectivity index is 1.69. The maximum Gasteiger partial charge on any atom is 0.258 e. The van der Waals surface area contributed by atoms with Crippen molar-refractivity contribution in [2.75, 3.05) is 6.61 Å². The number of ether oxygens (including phenoxy) is 1. The predicted molar refractivity (Wildman–Crippen MR) is 84.2 cm³/mol. The van der Waals surface area contributed by atoms with Gasteiger partial charge < -0.3 is 4.74 Å². The molecule has 0 bridgehead atoms. The van der Waals surface area contributed by atoms with Crippen molar-refractivity contribution in [2.45, 2.75) is 6.61 Å². The molecule has 0 saturated heterocycles. The second-order valence-electron chi connectivity index (χ2n) is 4.59. The van der Waals surface area contributed by atoms with Gasteiger partial charge in [0.1, 0.15) is 0 Å². The molecule has 22 heavy (non-hydrogen) atoms. The molecule has 1 N–H and O–H groups in total. The molecular formula is C18H17NO3. The first-order valence-electron chi connectivity index (χ1n) is 6.94. The third-order valence-corrected chi connectivity index (χ3v) is 2.87. The van der Waals surface area contributed by atoms with Gasteiger partial charge in [-0.1, -0.05) is 54.6 Å². The average Bonchev–Trinajstić information content (AvgIpc) is 2.56. The van der Waals surface area contributed by atoms with E-state index in [1.807, 2.05) is 36.4 Å². The first-order chi connectivity index (χ1) is 10.8. The lowest BCUT2D eigenvalue weighted by Gasteiger charge is -2.02. The average molecular weight is 295 g/mol. The van der Waals surface area contributed by atoms with Crippen LogP contribution in [0.3, 0.4) is 0 Å². The van der Waals surface area contributed by atoms with Gasteiger partial charge in [-0.2, -0.15) is 0 Å². The van der Waals surface area contributed by atoms with Gasteiger partial charge in [0.2, 0.25) is 0 Å². The summed E-state index contributed by atoms with van der Waals surface area (Å²) in [7, 11) is 0. The van der Waals surface area contributed by atoms with Crippen LogP contribution in [0.15, 0.2) is 72.8 Å². The number of benzene rings is 2. The molecule has 0 spiro atoms. The highest BCUT2D eigenvalue weighted by atomic mass is 16.5. The number of hydrogen-bond donors (Lipinski definition) is 1. The third-order valence-electron chi connectivity index (χ3n) is 2.87. The fraction of sp³-hybridized carbons (Fsp3) is 0.111. The summed E-state index contributed by atoms with van der Waals surface area (Å²) in [4.78, 5) is 23.3. The fourth-order valence-electron chi connectivity index (χ4n) is 1.79. The summed E-state index contributed by atoms with van der Waals surface area (Å²) in [5.74, 6) is -0.877. The van der Waals surface area contributed by atoms with Crippen molar-refractivity contribution >= 4 is 11.8 Å². The number of rotatable bonds is 6. The van der Waals surface area contributed by atoms with Crippen molar-refractivity contribution in [1.82, 2.24) is 5.32 Å². The number of carbonyl (C=O) groups excluding carboxylic acids is 2. The molecule has 0 fully saturated rings. The SMILES string of the molecule is O=C(/C=C/COCc1ccccc1)NC(=O)c1ccccc1. The second kappa shape index (κ2) is 8.54. The van der Waals surface area contributed by atoms with E-state index in [0.717, 1.165) is 5.56 Å². The summed E-state index contributed by atoms with van der Waals surface area (Å²) in [6, 6.07) is 18.3. The molecule has 0 saturated carbocycles. The van der Waals surface area contributed by atoms with E-state index in [0.29, 0.717) is 18.8 Å². The Hall–Kier alpha value is -2.72. The minimum Gasteiger partial charge on any atom is -0.373 e. The summed E-state index contributed by atoms with van der Waals surface area (Å²) in [5.41, 5.74) is 1.52. The van der Waals surface area contributed by atoms with Crippen molar-refractivity contribution < 1.29 is 14.3 Å². The summed E-state index contributed by atoms with van der Waals surface area (Å²) < 4.78 is 5.41. The van der Waals surface area contributed by atoms with E-state index in [2.05, 4.69) is 5.32 Å². The zero-order chi connectivity index (χ0) is 15.6. The minimum absolute atomic E-state index is 0.307. The van der Waals surface area contributed by atoms with Crippen LogP contribution in [0.25, 0.3) is 0 Å². The molecule has 2 rings (SSSR count). The zero-order valence-electron chi connectivity index (χ0n) is 12.1. The van der Waals surface area contributed by atoms with Gasteiger partial charge in [-0.05, 0) is 17.7 Å². The smallest absolute Gasteiger partial charge is 0.258 e. The van der Waals surface area contributed by atoms with Gasteiger partial charge in [-0.15, -0.1) is 0 Å². The molecule has 0 unspecified atom stereocenters. The first-order valence-corrected chi connectivity index (χ1v) is 6.94. The van der Waals surface area contributed by atoms with E-state index in [9.17, 15) is 9.59 Å². The maximum atomic E-state index is 11.7. The van der Waals surface area contributed by atoms with E-state index >= 15 is 0 Å². The maximum absolute atomic E-state index is 11.7. The van der Waals surface area contributed by atoms with Gasteiger partial charge in [0.25, 0.3) is 11.8 Å². The van der Waals surface area contributed by atoms with Crippen LogP contribution in [0.5, 0.6) is 0 Å². The van der Waals surface area contributed by atoms with Crippen molar-refractivity contribution in [1.29, 1.82) is 0 Å². The number of imide groups is 1. The lowest BCUT2D eigenvalue weighted by molar-refractivity contribution is -0.115. The number of carbonyl (C=O) groups is 2. The molecular weight excluding hydrogens is 278 g/mol. The third kappa shape index (κ3) is 5.34. The van der Waals surface area contributed by atoms with E-state index in [1.54, 1.807) is 30.3 Å². The van der Waals surface area contributed by atoms with Crippen LogP contribution >= 0.6 is 0 Å². The second-order valence-corrected chi connectivity index (χ2v) is 4.59. The summed E-state index contributed by atoms with van der Waals surface area (Å²) in [6.45, 7) is 0.789. The highest BCUT2D eigenvalue weighted by molar-refractivity contribution is 6.07. The van der Waals surface area contributed by atoms with Crippen LogP contribution in [0, 0.1) is 0 Å². The van der Waals surface area contributed by atoms with Crippen LogP contribution in [0.2, 0.25) is 0 Å². The molecule has 4 nitrogen and oxygen atoms in total. The highest BCUT2D eigenvalue weighted by Gasteiger charge is 2.06. The summed E-state index contributed by atoms with van der Waals surface area (Å²) in [6.07, 6.45) is 2.88. The largest absolute Gasteiger partial charge is 0.373 e. The lowest BCUT2D eigenvalue weighted by Crippen LogP contribution is -2.28. The van der Waals surface area contributed by atoms with E-state index < -0.39 is 11.8 Å². The quantitative estimate of drug-likeness (QED) is 0.658. The van der Waals surface area contributed by atoms with E-state index in [4.69, 9.17) is 4.74 Å². The van der Waals surface area contributed by atoms with Crippen LogP contribution in [-0.2, 0) is 16.1 Å². The lowest BCUT2D eigenvalue weighted by atomic mass is 10.2. The molecule has 0 heterocycles. The molecule has 4 heteroatoms. The molecule has 2 amide bonds. The normalized spacial score (nSPS) is 10.5.